The van der Waals surface area contributed by atoms with Crippen LogP contribution in [0.15, 0.2) is 54.1 Å². The maximum atomic E-state index is 12.5. The van der Waals surface area contributed by atoms with Crippen LogP contribution in [0, 0.1) is 5.41 Å². The molecule has 0 unspecified atom stereocenters. The first kappa shape index (κ1) is 19.5. The maximum absolute atomic E-state index is 12.5. The topological polar surface area (TPSA) is 90.8 Å². The zero-order chi connectivity index (χ0) is 20.3. The number of hydrogen-bond donors (Lipinski definition) is 3. The number of amides is 1. The second-order valence-electron chi connectivity index (χ2n) is 5.67. The van der Waals surface area contributed by atoms with Gasteiger partial charge >= 0.3 is 6.18 Å². The molecule has 0 fully saturated rings. The lowest BCUT2D eigenvalue weighted by molar-refractivity contribution is -0.0584. The van der Waals surface area contributed by atoms with Crippen LogP contribution in [0.1, 0.15) is 10.4 Å². The Labute approximate surface area is 161 Å². The van der Waals surface area contributed by atoms with E-state index in [1.54, 1.807) is 36.1 Å². The molecule has 0 radical (unpaired) electrons. The van der Waals surface area contributed by atoms with Gasteiger partial charge in [0.05, 0.1) is 15.9 Å². The van der Waals surface area contributed by atoms with Crippen molar-refractivity contribution in [1.29, 1.82) is 5.41 Å². The number of pyridine rings is 1. The number of rotatable bonds is 5. The van der Waals surface area contributed by atoms with Gasteiger partial charge in [-0.25, -0.2) is 0 Å². The monoisotopic (exact) mass is 405 g/mol. The summed E-state index contributed by atoms with van der Waals surface area (Å²) in [7, 11) is 1.35. The molecule has 0 aliphatic heterocycles. The van der Waals surface area contributed by atoms with Crippen molar-refractivity contribution in [2.45, 2.75) is 6.18 Å². The molecular weight excluding hydrogens is 391 g/mol. The fraction of sp³-hybridized carbons (Fsp3) is 0.111. The highest BCUT2D eigenvalue weighted by Gasteiger charge is 2.33. The molecule has 28 heavy (non-hydrogen) atoms. The standard InChI is InChI=1S/C18H14F3N5OS/c1-23-16(6-15(22)18(19,20)21)26-17(27)11-3-2-10-4-12(7-25-13(10)5-11)14-8-24-9-28-14/h2-9,22-23H,1H3,(H,26,27)/b16-6+,22-15?. The minimum Gasteiger partial charge on any atom is -0.375 e. The number of benzene rings is 1. The fourth-order valence-corrected chi connectivity index (χ4v) is 2.95. The van der Waals surface area contributed by atoms with E-state index in [1.807, 2.05) is 6.07 Å². The van der Waals surface area contributed by atoms with E-state index in [-0.39, 0.29) is 11.4 Å². The minimum atomic E-state index is -4.80. The summed E-state index contributed by atoms with van der Waals surface area (Å²) >= 11 is 1.48. The average Bonchev–Trinajstić information content (AvgIpc) is 3.20. The lowest BCUT2D eigenvalue weighted by atomic mass is 10.1. The van der Waals surface area contributed by atoms with Crippen molar-refractivity contribution in [2.75, 3.05) is 7.05 Å². The van der Waals surface area contributed by atoms with E-state index in [1.165, 1.54) is 18.4 Å². The highest BCUT2D eigenvalue weighted by molar-refractivity contribution is 7.13. The van der Waals surface area contributed by atoms with Gasteiger partial charge in [-0.3, -0.25) is 20.2 Å². The third-order valence-corrected chi connectivity index (χ3v) is 4.60. The van der Waals surface area contributed by atoms with E-state index in [4.69, 9.17) is 5.41 Å². The molecule has 2 aromatic heterocycles. The van der Waals surface area contributed by atoms with Crippen molar-refractivity contribution >= 4 is 33.9 Å². The SMILES string of the molecule is CN/C(=C\C(=N)C(F)(F)F)NC(=O)c1ccc2cc(-c3cncs3)cnc2c1. The largest absolute Gasteiger partial charge is 0.432 e. The number of aromatic nitrogens is 2. The Morgan fingerprint density at radius 3 is 2.68 bits per heavy atom. The molecule has 6 nitrogen and oxygen atoms in total. The maximum Gasteiger partial charge on any atom is 0.432 e. The third-order valence-electron chi connectivity index (χ3n) is 3.77. The third kappa shape index (κ3) is 4.34. The molecule has 3 rings (SSSR count). The van der Waals surface area contributed by atoms with Crippen LogP contribution >= 0.6 is 11.3 Å². The van der Waals surface area contributed by atoms with Gasteiger partial charge in [0, 0.05) is 42.0 Å². The number of allylic oxidation sites excluding steroid dienone is 1. The molecule has 0 atom stereocenters. The predicted octanol–water partition coefficient (Wildman–Crippen LogP) is 3.73. The molecule has 0 aliphatic carbocycles. The van der Waals surface area contributed by atoms with E-state index in [9.17, 15) is 18.0 Å². The van der Waals surface area contributed by atoms with E-state index in [0.29, 0.717) is 11.6 Å². The van der Waals surface area contributed by atoms with Gasteiger partial charge in [0.2, 0.25) is 0 Å². The predicted molar refractivity (Wildman–Crippen MR) is 101 cm³/mol. The second-order valence-corrected chi connectivity index (χ2v) is 6.56. The summed E-state index contributed by atoms with van der Waals surface area (Å²) in [5.74, 6) is -0.855. The zero-order valence-corrected chi connectivity index (χ0v) is 15.3. The summed E-state index contributed by atoms with van der Waals surface area (Å²) < 4.78 is 37.5. The average molecular weight is 405 g/mol. The Morgan fingerprint density at radius 1 is 1.25 bits per heavy atom. The molecule has 1 amide bonds. The van der Waals surface area contributed by atoms with Gasteiger partial charge in [-0.2, -0.15) is 13.2 Å². The molecule has 1 aromatic carbocycles. The zero-order valence-electron chi connectivity index (χ0n) is 14.5. The van der Waals surface area contributed by atoms with Crippen LogP contribution in [-0.4, -0.2) is 34.8 Å². The quantitative estimate of drug-likeness (QED) is 0.564. The fourth-order valence-electron chi connectivity index (χ4n) is 2.35. The Hall–Kier alpha value is -3.27. The molecule has 0 bridgehead atoms. The normalized spacial score (nSPS) is 12.1. The van der Waals surface area contributed by atoms with Gasteiger partial charge in [-0.15, -0.1) is 11.3 Å². The van der Waals surface area contributed by atoms with Gasteiger partial charge in [-0.1, -0.05) is 6.07 Å². The van der Waals surface area contributed by atoms with Gasteiger partial charge in [0.25, 0.3) is 5.91 Å². The molecule has 3 aromatic rings. The van der Waals surface area contributed by atoms with Crippen LogP contribution in [0.4, 0.5) is 13.2 Å². The molecule has 10 heteroatoms. The number of fused-ring (bicyclic) bond motifs is 1. The highest BCUT2D eigenvalue weighted by Crippen LogP contribution is 2.26. The summed E-state index contributed by atoms with van der Waals surface area (Å²) in [5.41, 5.74) is 1.84. The first-order valence-corrected chi connectivity index (χ1v) is 8.81. The first-order valence-electron chi connectivity index (χ1n) is 7.93. The number of nitrogens with one attached hydrogen (secondary N) is 3. The molecule has 0 spiro atoms. The van der Waals surface area contributed by atoms with Gasteiger partial charge in [0.15, 0.2) is 0 Å². The van der Waals surface area contributed by atoms with Gasteiger partial charge in [-0.05, 0) is 18.2 Å². The van der Waals surface area contributed by atoms with Crippen LogP contribution in [0.2, 0.25) is 0 Å². The Balaban J connectivity index is 1.82. The molecule has 2 heterocycles. The van der Waals surface area contributed by atoms with Crippen molar-refractivity contribution in [2.24, 2.45) is 0 Å². The van der Waals surface area contributed by atoms with Crippen LogP contribution in [0.3, 0.4) is 0 Å². The minimum absolute atomic E-state index is 0.227. The lowest BCUT2D eigenvalue weighted by Crippen LogP contribution is -2.32. The molecule has 0 aliphatic rings. The number of hydrogen-bond acceptors (Lipinski definition) is 6. The smallest absolute Gasteiger partial charge is 0.375 e. The number of nitrogens with zero attached hydrogens (tertiary/aromatic N) is 2. The first-order chi connectivity index (χ1) is 13.3. The summed E-state index contributed by atoms with van der Waals surface area (Å²) in [6, 6.07) is 6.73. The highest BCUT2D eigenvalue weighted by atomic mass is 32.1. The molecular formula is C18H14F3N5OS. The Kier molecular flexibility index (Phi) is 5.41. The van der Waals surface area contributed by atoms with Crippen LogP contribution in [0.5, 0.6) is 0 Å². The molecule has 0 saturated heterocycles. The molecule has 0 saturated carbocycles. The van der Waals surface area contributed by atoms with E-state index >= 15 is 0 Å². The van der Waals surface area contributed by atoms with E-state index in [2.05, 4.69) is 20.6 Å². The summed E-state index contributed by atoms with van der Waals surface area (Å²) in [4.78, 5) is 21.7. The number of carbonyl (C=O) groups excluding carboxylic acids is 1. The van der Waals surface area contributed by atoms with E-state index in [0.717, 1.165) is 15.8 Å². The van der Waals surface area contributed by atoms with Crippen LogP contribution in [0.25, 0.3) is 21.3 Å². The molecule has 3 N–H and O–H groups in total. The lowest BCUT2D eigenvalue weighted by Gasteiger charge is -2.11. The summed E-state index contributed by atoms with van der Waals surface area (Å²) in [6.07, 6.45) is -0.880. The summed E-state index contributed by atoms with van der Waals surface area (Å²) in [5, 5.41) is 12.6. The molecule has 144 valence electrons. The van der Waals surface area contributed by atoms with Crippen molar-refractivity contribution in [1.82, 2.24) is 20.6 Å². The van der Waals surface area contributed by atoms with Crippen molar-refractivity contribution < 1.29 is 18.0 Å². The Bertz CT molecular complexity index is 1060. The van der Waals surface area contributed by atoms with E-state index < -0.39 is 17.8 Å². The van der Waals surface area contributed by atoms with Crippen LogP contribution in [-0.2, 0) is 0 Å². The second kappa shape index (κ2) is 7.77. The van der Waals surface area contributed by atoms with Crippen molar-refractivity contribution in [3.05, 3.63) is 59.6 Å². The number of alkyl halides is 3. The van der Waals surface area contributed by atoms with Crippen molar-refractivity contribution in [3.8, 4) is 10.4 Å². The number of carbonyl (C=O) groups is 1. The van der Waals surface area contributed by atoms with Gasteiger partial charge in [0.1, 0.15) is 11.5 Å². The van der Waals surface area contributed by atoms with Crippen LogP contribution < -0.4 is 10.6 Å². The number of halogens is 3. The Morgan fingerprint density at radius 2 is 2.04 bits per heavy atom. The van der Waals surface area contributed by atoms with Crippen molar-refractivity contribution in [3.63, 3.8) is 0 Å². The summed E-state index contributed by atoms with van der Waals surface area (Å²) in [6.45, 7) is 0. The van der Waals surface area contributed by atoms with Gasteiger partial charge < -0.3 is 10.6 Å². The number of thiazole rings is 1.